The van der Waals surface area contributed by atoms with Crippen LogP contribution in [0.15, 0.2) is 0 Å². The Morgan fingerprint density at radius 2 is 1.83 bits per heavy atom. The Morgan fingerprint density at radius 3 is 2.28 bits per heavy atom. The van der Waals surface area contributed by atoms with Gasteiger partial charge in [-0.2, -0.15) is 0 Å². The summed E-state index contributed by atoms with van der Waals surface area (Å²) in [5, 5.41) is 18.8. The van der Waals surface area contributed by atoms with E-state index in [4.69, 9.17) is 5.73 Å². The van der Waals surface area contributed by atoms with Gasteiger partial charge in [0.1, 0.15) is 0 Å². The number of carbonyl (C=O) groups is 1. The van der Waals surface area contributed by atoms with Crippen LogP contribution in [0.1, 0.15) is 33.1 Å². The number of rotatable bonds is 6. The van der Waals surface area contributed by atoms with Gasteiger partial charge in [0.05, 0.1) is 12.2 Å². The number of carbonyl (C=O) groups excluding carboxylic acids is 1. The molecule has 0 saturated carbocycles. The topological polar surface area (TPSA) is 86.8 Å². The van der Waals surface area contributed by atoms with E-state index in [1.165, 1.54) is 0 Å². The van der Waals surface area contributed by atoms with Crippen molar-refractivity contribution >= 4 is 5.91 Å². The van der Waals surface area contributed by atoms with Crippen molar-refractivity contribution in [2.45, 2.75) is 45.3 Å². The zero-order chi connectivity index (χ0) is 13.7. The second-order valence-corrected chi connectivity index (χ2v) is 5.55. The van der Waals surface area contributed by atoms with Gasteiger partial charge in [0, 0.05) is 19.5 Å². The molecule has 1 amide bonds. The minimum Gasteiger partial charge on any atom is -0.388 e. The van der Waals surface area contributed by atoms with Gasteiger partial charge < -0.3 is 20.8 Å². The highest BCUT2D eigenvalue weighted by Crippen LogP contribution is 2.21. The van der Waals surface area contributed by atoms with Crippen LogP contribution in [0.25, 0.3) is 0 Å². The summed E-state index contributed by atoms with van der Waals surface area (Å²) in [6.07, 6.45) is 0.660. The molecule has 5 nitrogen and oxygen atoms in total. The summed E-state index contributed by atoms with van der Waals surface area (Å²) >= 11 is 0. The van der Waals surface area contributed by atoms with E-state index in [-0.39, 0.29) is 19.0 Å². The molecule has 1 saturated heterocycles. The zero-order valence-corrected chi connectivity index (χ0v) is 11.4. The fraction of sp³-hybridized carbons (Fsp3) is 0.923. The van der Waals surface area contributed by atoms with Gasteiger partial charge in [-0.1, -0.05) is 13.8 Å². The smallest absolute Gasteiger partial charge is 0.222 e. The van der Waals surface area contributed by atoms with Crippen LogP contribution in [-0.2, 0) is 4.79 Å². The molecule has 0 aromatic heterocycles. The maximum Gasteiger partial charge on any atom is 0.222 e. The molecule has 0 aromatic rings. The van der Waals surface area contributed by atoms with E-state index in [9.17, 15) is 15.0 Å². The molecule has 1 fully saturated rings. The van der Waals surface area contributed by atoms with Crippen LogP contribution in [0.2, 0.25) is 0 Å². The minimum atomic E-state index is -0.793. The van der Waals surface area contributed by atoms with Crippen LogP contribution in [-0.4, -0.2) is 52.9 Å². The molecule has 1 heterocycles. The number of aliphatic hydroxyl groups excluding tert-OH is 2. The van der Waals surface area contributed by atoms with Gasteiger partial charge in [-0.25, -0.2) is 0 Å². The van der Waals surface area contributed by atoms with Crippen molar-refractivity contribution in [3.05, 3.63) is 0 Å². The molecule has 1 aliphatic heterocycles. The Morgan fingerprint density at radius 1 is 1.28 bits per heavy atom. The van der Waals surface area contributed by atoms with Crippen molar-refractivity contribution in [1.82, 2.24) is 4.90 Å². The highest BCUT2D eigenvalue weighted by atomic mass is 16.3. The maximum atomic E-state index is 11.9. The summed E-state index contributed by atoms with van der Waals surface area (Å²) < 4.78 is 0. The lowest BCUT2D eigenvalue weighted by atomic mass is 9.88. The predicted molar refractivity (Wildman–Crippen MR) is 69.8 cm³/mol. The molecule has 1 rings (SSSR count). The summed E-state index contributed by atoms with van der Waals surface area (Å²) in [7, 11) is 0. The number of β-amino-alcohol motifs (C(OH)–C–C–N with tert-alkyl or cyclic N) is 2. The Labute approximate surface area is 109 Å². The largest absolute Gasteiger partial charge is 0.388 e. The SMILES string of the molecule is CC(C)C(CCN)CCC(=O)N1C[C@@H](O)[C@@H](O)C1. The molecule has 0 radical (unpaired) electrons. The van der Waals surface area contributed by atoms with Crippen molar-refractivity contribution < 1.29 is 15.0 Å². The van der Waals surface area contributed by atoms with E-state index < -0.39 is 12.2 Å². The number of amides is 1. The van der Waals surface area contributed by atoms with Crippen LogP contribution < -0.4 is 5.73 Å². The summed E-state index contributed by atoms with van der Waals surface area (Å²) in [5.41, 5.74) is 5.57. The highest BCUT2D eigenvalue weighted by Gasteiger charge is 2.32. The third-order valence-corrected chi connectivity index (χ3v) is 3.82. The first kappa shape index (κ1) is 15.4. The van der Waals surface area contributed by atoms with E-state index in [0.717, 1.165) is 12.8 Å². The van der Waals surface area contributed by atoms with Crippen LogP contribution in [0.3, 0.4) is 0 Å². The van der Waals surface area contributed by atoms with E-state index in [2.05, 4.69) is 13.8 Å². The molecule has 106 valence electrons. The van der Waals surface area contributed by atoms with Crippen LogP contribution in [0, 0.1) is 11.8 Å². The summed E-state index contributed by atoms with van der Waals surface area (Å²) in [6, 6.07) is 0. The molecule has 1 aliphatic rings. The number of nitrogens with two attached hydrogens (primary N) is 1. The van der Waals surface area contributed by atoms with Crippen LogP contribution >= 0.6 is 0 Å². The van der Waals surface area contributed by atoms with Gasteiger partial charge in [0.15, 0.2) is 0 Å². The molecule has 1 unspecified atom stereocenters. The molecular formula is C13H26N2O3. The number of aliphatic hydroxyl groups is 2. The highest BCUT2D eigenvalue weighted by molar-refractivity contribution is 5.76. The average Bonchev–Trinajstić information content (AvgIpc) is 2.64. The van der Waals surface area contributed by atoms with Crippen molar-refractivity contribution in [1.29, 1.82) is 0 Å². The second-order valence-electron chi connectivity index (χ2n) is 5.55. The van der Waals surface area contributed by atoms with Crippen LogP contribution in [0.4, 0.5) is 0 Å². The molecule has 0 bridgehead atoms. The van der Waals surface area contributed by atoms with Gasteiger partial charge in [0.2, 0.25) is 5.91 Å². The lowest BCUT2D eigenvalue weighted by Crippen LogP contribution is -2.30. The number of hydrogen-bond donors (Lipinski definition) is 3. The monoisotopic (exact) mass is 258 g/mol. The third-order valence-electron chi connectivity index (χ3n) is 3.82. The molecule has 0 aliphatic carbocycles. The Kier molecular flexibility index (Phi) is 6.05. The summed E-state index contributed by atoms with van der Waals surface area (Å²) in [6.45, 7) is 5.45. The Bertz CT molecular complexity index is 261. The fourth-order valence-electron chi connectivity index (χ4n) is 2.47. The van der Waals surface area contributed by atoms with Gasteiger partial charge in [-0.05, 0) is 31.2 Å². The Hall–Kier alpha value is -0.650. The number of hydrogen-bond acceptors (Lipinski definition) is 4. The van der Waals surface area contributed by atoms with E-state index in [1.807, 2.05) is 0 Å². The van der Waals surface area contributed by atoms with Crippen molar-refractivity contribution in [2.24, 2.45) is 17.6 Å². The maximum absolute atomic E-state index is 11.9. The standard InChI is InChI=1S/C13H26N2O3/c1-9(2)10(5-6-14)3-4-13(18)15-7-11(16)12(17)8-15/h9-12,16-17H,3-8,14H2,1-2H3/t10?,11-,12+. The molecule has 0 aromatic carbocycles. The van der Waals surface area contributed by atoms with Crippen molar-refractivity contribution in [3.8, 4) is 0 Å². The Balaban J connectivity index is 2.36. The van der Waals surface area contributed by atoms with Crippen LogP contribution in [0.5, 0.6) is 0 Å². The first-order valence-corrected chi connectivity index (χ1v) is 6.79. The molecule has 5 heteroatoms. The second kappa shape index (κ2) is 7.07. The fourth-order valence-corrected chi connectivity index (χ4v) is 2.47. The average molecular weight is 258 g/mol. The quantitative estimate of drug-likeness (QED) is 0.623. The summed E-state index contributed by atoms with van der Waals surface area (Å²) in [5.74, 6) is 1.01. The lowest BCUT2D eigenvalue weighted by molar-refractivity contribution is -0.131. The number of nitrogens with zero attached hydrogens (tertiary/aromatic N) is 1. The van der Waals surface area contributed by atoms with E-state index >= 15 is 0 Å². The first-order chi connectivity index (χ1) is 8.45. The van der Waals surface area contributed by atoms with Gasteiger partial charge in [-0.15, -0.1) is 0 Å². The minimum absolute atomic E-state index is 0.0215. The van der Waals surface area contributed by atoms with E-state index in [0.29, 0.717) is 24.8 Å². The van der Waals surface area contributed by atoms with Gasteiger partial charge in [-0.3, -0.25) is 4.79 Å². The summed E-state index contributed by atoms with van der Waals surface area (Å²) in [4.78, 5) is 13.5. The zero-order valence-electron chi connectivity index (χ0n) is 11.4. The lowest BCUT2D eigenvalue weighted by Gasteiger charge is -2.21. The molecular weight excluding hydrogens is 232 g/mol. The molecule has 0 spiro atoms. The van der Waals surface area contributed by atoms with Crippen molar-refractivity contribution in [2.75, 3.05) is 19.6 Å². The first-order valence-electron chi connectivity index (χ1n) is 6.79. The molecule has 18 heavy (non-hydrogen) atoms. The normalized spacial score (nSPS) is 25.8. The van der Waals surface area contributed by atoms with E-state index in [1.54, 1.807) is 4.90 Å². The van der Waals surface area contributed by atoms with Crippen molar-refractivity contribution in [3.63, 3.8) is 0 Å². The predicted octanol–water partition coefficient (Wildman–Crippen LogP) is -0.0484. The molecule has 4 N–H and O–H groups in total. The van der Waals surface area contributed by atoms with Gasteiger partial charge in [0.25, 0.3) is 0 Å². The van der Waals surface area contributed by atoms with Gasteiger partial charge >= 0.3 is 0 Å². The molecule has 3 atom stereocenters. The number of likely N-dealkylation sites (tertiary alicyclic amines) is 1. The third kappa shape index (κ3) is 4.23.